The maximum Gasteiger partial charge on any atom is 0.410 e. The summed E-state index contributed by atoms with van der Waals surface area (Å²) >= 11 is 1.26. The summed E-state index contributed by atoms with van der Waals surface area (Å²) in [5.41, 5.74) is 4.67. The van der Waals surface area contributed by atoms with Crippen LogP contribution >= 0.6 is 11.3 Å². The van der Waals surface area contributed by atoms with Crippen molar-refractivity contribution in [2.45, 2.75) is 57.7 Å². The van der Waals surface area contributed by atoms with Gasteiger partial charge >= 0.3 is 12.1 Å². The summed E-state index contributed by atoms with van der Waals surface area (Å²) in [6.07, 6.45) is 2.15. The highest BCUT2D eigenvalue weighted by atomic mass is 32.1. The normalized spacial score (nSPS) is 21.3. The molecule has 0 saturated carbocycles. The number of ether oxygens (including phenoxy) is 2. The van der Waals surface area contributed by atoms with Crippen LogP contribution in [0.15, 0.2) is 46.1 Å². The van der Waals surface area contributed by atoms with E-state index < -0.39 is 17.7 Å². The van der Waals surface area contributed by atoms with Gasteiger partial charge in [0.2, 0.25) is 0 Å². The van der Waals surface area contributed by atoms with Crippen molar-refractivity contribution in [2.24, 2.45) is 10.2 Å². The lowest BCUT2D eigenvalue weighted by Gasteiger charge is -2.26. The number of nitrogens with one attached hydrogen (secondary N) is 2. The van der Waals surface area contributed by atoms with Gasteiger partial charge in [-0.15, -0.1) is 11.3 Å². The van der Waals surface area contributed by atoms with E-state index in [0.717, 1.165) is 19.4 Å². The predicted molar refractivity (Wildman–Crippen MR) is 172 cm³/mol. The molecule has 14 heteroatoms. The Morgan fingerprint density at radius 1 is 1.02 bits per heavy atom. The highest BCUT2D eigenvalue weighted by molar-refractivity contribution is 7.15. The molecule has 1 aromatic heterocycles. The maximum absolute atomic E-state index is 13.9. The number of anilines is 1. The van der Waals surface area contributed by atoms with Gasteiger partial charge in [0.1, 0.15) is 17.3 Å². The zero-order valence-electron chi connectivity index (χ0n) is 26.5. The number of hydrogen-bond donors (Lipinski definition) is 2. The number of thiophene rings is 1. The zero-order valence-corrected chi connectivity index (χ0v) is 27.3. The monoisotopic (exact) mass is 649 g/mol. The van der Waals surface area contributed by atoms with E-state index in [0.29, 0.717) is 77.0 Å². The van der Waals surface area contributed by atoms with E-state index in [1.54, 1.807) is 41.2 Å². The molecule has 1 aromatic carbocycles. The second kappa shape index (κ2) is 12.9. The molecule has 13 nitrogen and oxygen atoms in total. The lowest BCUT2D eigenvalue weighted by atomic mass is 10.1. The van der Waals surface area contributed by atoms with Crippen LogP contribution in [0.5, 0.6) is 0 Å². The molecule has 2 saturated heterocycles. The summed E-state index contributed by atoms with van der Waals surface area (Å²) in [4.78, 5) is 57.4. The van der Waals surface area contributed by atoms with Crippen molar-refractivity contribution in [3.63, 3.8) is 0 Å². The number of rotatable bonds is 6. The lowest BCUT2D eigenvalue weighted by molar-refractivity contribution is 0.0255. The van der Waals surface area contributed by atoms with Crippen molar-refractivity contribution in [1.82, 2.24) is 20.2 Å². The van der Waals surface area contributed by atoms with E-state index in [1.165, 1.54) is 11.3 Å². The van der Waals surface area contributed by atoms with E-state index in [4.69, 9.17) is 9.47 Å². The molecule has 3 aliphatic heterocycles. The molecule has 2 N–H and O–H groups in total. The maximum atomic E-state index is 13.9. The van der Waals surface area contributed by atoms with Crippen molar-refractivity contribution in [2.75, 3.05) is 51.8 Å². The van der Waals surface area contributed by atoms with Crippen LogP contribution in [-0.4, -0.2) is 96.7 Å². The Kier molecular flexibility index (Phi) is 8.95. The van der Waals surface area contributed by atoms with Gasteiger partial charge in [0.15, 0.2) is 5.78 Å². The number of carbonyl (C=O) groups is 4. The molecule has 1 aliphatic carbocycles. The number of methoxy groups -OCH3 is 1. The van der Waals surface area contributed by atoms with Crippen LogP contribution in [0.3, 0.4) is 0 Å². The van der Waals surface area contributed by atoms with Crippen LogP contribution in [0, 0.1) is 0 Å². The number of urea groups is 1. The topological polar surface area (TPSA) is 145 Å². The Labute approximate surface area is 271 Å². The Bertz CT molecular complexity index is 1610. The van der Waals surface area contributed by atoms with E-state index in [1.807, 2.05) is 31.8 Å². The van der Waals surface area contributed by atoms with E-state index in [2.05, 4.69) is 21.0 Å². The lowest BCUT2D eigenvalue weighted by Crippen LogP contribution is -2.48. The molecular weight excluding hydrogens is 610 g/mol. The van der Waals surface area contributed by atoms with Crippen LogP contribution in [0.2, 0.25) is 0 Å². The molecule has 2 atom stereocenters. The van der Waals surface area contributed by atoms with Gasteiger partial charge in [-0.3, -0.25) is 15.0 Å². The first-order valence-corrected chi connectivity index (χ1v) is 16.4. The van der Waals surface area contributed by atoms with E-state index >= 15 is 0 Å². The van der Waals surface area contributed by atoms with Crippen molar-refractivity contribution in [3.05, 3.63) is 56.8 Å². The largest absolute Gasteiger partial charge is 0.444 e. The fourth-order valence-corrected chi connectivity index (χ4v) is 7.25. The highest BCUT2D eigenvalue weighted by Crippen LogP contribution is 2.49. The van der Waals surface area contributed by atoms with Crippen molar-refractivity contribution in [3.8, 4) is 0 Å². The fourth-order valence-electron chi connectivity index (χ4n) is 6.27. The smallest absolute Gasteiger partial charge is 0.410 e. The number of azo groups is 1. The van der Waals surface area contributed by atoms with Gasteiger partial charge in [0.05, 0.1) is 39.2 Å². The minimum absolute atomic E-state index is 0.0974. The molecule has 1 unspecified atom stereocenters. The number of carbonyl (C=O) groups excluding carboxylic acids is 4. The molecule has 2 aromatic rings. The third-order valence-corrected chi connectivity index (χ3v) is 9.46. The summed E-state index contributed by atoms with van der Waals surface area (Å²) in [6.45, 7) is 8.54. The van der Waals surface area contributed by atoms with E-state index in [-0.39, 0.29) is 23.8 Å². The molecule has 0 bridgehead atoms. The van der Waals surface area contributed by atoms with Crippen molar-refractivity contribution in [1.29, 1.82) is 0 Å². The van der Waals surface area contributed by atoms with Gasteiger partial charge in [-0.25, -0.2) is 14.6 Å². The number of benzene rings is 1. The van der Waals surface area contributed by atoms with Gasteiger partial charge in [-0.05, 0) is 63.8 Å². The van der Waals surface area contributed by atoms with E-state index in [9.17, 15) is 19.2 Å². The highest BCUT2D eigenvalue weighted by Gasteiger charge is 2.43. The summed E-state index contributed by atoms with van der Waals surface area (Å²) < 4.78 is 10.8. The second-order valence-electron chi connectivity index (χ2n) is 12.8. The molecule has 0 spiro atoms. The molecule has 2 fully saturated rings. The quantitative estimate of drug-likeness (QED) is 0.443. The minimum atomic E-state index is -0.588. The predicted octanol–water partition coefficient (Wildman–Crippen LogP) is 5.09. The molecule has 6 rings (SSSR count). The number of ketones is 1. The first-order chi connectivity index (χ1) is 22.0. The molecule has 46 heavy (non-hydrogen) atoms. The number of nitrogens with zero attached hydrogens (tertiary/aromatic N) is 5. The zero-order chi connectivity index (χ0) is 32.6. The minimum Gasteiger partial charge on any atom is -0.444 e. The van der Waals surface area contributed by atoms with Gasteiger partial charge in [-0.2, -0.15) is 10.2 Å². The first-order valence-electron chi connectivity index (χ1n) is 15.6. The van der Waals surface area contributed by atoms with Gasteiger partial charge in [0.25, 0.3) is 5.91 Å². The number of hydrogen-bond acceptors (Lipinski definition) is 10. The number of Topliss-reactive ketones (excluding diaryl/α,β-unsaturated/α-hetero) is 1. The van der Waals surface area contributed by atoms with Gasteiger partial charge in [0, 0.05) is 39.8 Å². The molecule has 244 valence electrons. The number of hydrazine groups is 1. The molecular formula is C32H39N7O6S. The average molecular weight is 650 g/mol. The van der Waals surface area contributed by atoms with Crippen LogP contribution in [0.1, 0.15) is 76.5 Å². The molecule has 4 heterocycles. The van der Waals surface area contributed by atoms with Crippen molar-refractivity contribution < 1.29 is 28.7 Å². The van der Waals surface area contributed by atoms with Gasteiger partial charge in [-0.1, -0.05) is 12.1 Å². The Morgan fingerprint density at radius 2 is 1.80 bits per heavy atom. The Balaban J connectivity index is 1.15. The summed E-state index contributed by atoms with van der Waals surface area (Å²) in [5, 5.41) is 13.5. The summed E-state index contributed by atoms with van der Waals surface area (Å²) in [6, 6.07) is 7.96. The molecule has 4 aliphatic rings. The van der Waals surface area contributed by atoms with Crippen molar-refractivity contribution >= 4 is 46.5 Å². The third-order valence-electron chi connectivity index (χ3n) is 8.38. The summed E-state index contributed by atoms with van der Waals surface area (Å²) in [5.74, 6) is -0.381. The average Bonchev–Trinajstić information content (AvgIpc) is 3.77. The number of amides is 4. The van der Waals surface area contributed by atoms with Crippen LogP contribution in [0.25, 0.3) is 5.70 Å². The van der Waals surface area contributed by atoms with Gasteiger partial charge < -0.3 is 24.6 Å². The third kappa shape index (κ3) is 6.42. The summed E-state index contributed by atoms with van der Waals surface area (Å²) in [7, 11) is 1.64. The fraction of sp³-hybridized carbons (Fsp3) is 0.500. The van der Waals surface area contributed by atoms with Crippen LogP contribution < -0.4 is 10.7 Å². The first kappa shape index (κ1) is 31.8. The Morgan fingerprint density at radius 3 is 2.59 bits per heavy atom. The molecule has 4 amide bonds. The number of fused-ring (bicyclic) bond motifs is 3. The standard InChI is InChI=1S/C32H39N7O6S/c1-32(2,3)45-31(43)38-14-7-13-37(16-17-38)29(41)23-12-11-22(46-23)27-25-26(34-35-27)20-9-5-10-21(24(20)28(25)40)33-30(42)36-39-15-6-8-19(39)18-44-4/h5,9-12,19,26H,6-8,13-18H2,1-4H3,(H2,33,36,42)/t19-,26?/m1/s1. The second-order valence-corrected chi connectivity index (χ2v) is 13.9. The van der Waals surface area contributed by atoms with Crippen LogP contribution in [0.4, 0.5) is 15.3 Å². The SMILES string of the molecule is COC[C@H]1CCCN1NC(=O)Nc1cccc2c1C(=O)C1=C(c3ccc(C(=O)N4CCCN(C(=O)OC(C)(C)C)CC4)s3)N=NC12. The Hall–Kier alpha value is -4.14. The van der Waals surface area contributed by atoms with Crippen LogP contribution in [-0.2, 0) is 9.47 Å². The molecule has 0 radical (unpaired) electrons.